The Morgan fingerprint density at radius 2 is 1.81 bits per heavy atom. The van der Waals surface area contributed by atoms with Crippen molar-refractivity contribution in [3.05, 3.63) is 48.0 Å². The average molecular weight is 463 g/mol. The molecule has 0 bridgehead atoms. The van der Waals surface area contributed by atoms with Crippen molar-refractivity contribution in [3.63, 3.8) is 0 Å². The van der Waals surface area contributed by atoms with Gasteiger partial charge in [-0.05, 0) is 49.1 Å². The van der Waals surface area contributed by atoms with Crippen molar-refractivity contribution in [1.29, 1.82) is 0 Å². The number of nitrogens with one attached hydrogen (secondary N) is 1. The van der Waals surface area contributed by atoms with Gasteiger partial charge >= 0.3 is 0 Å². The first-order valence-corrected chi connectivity index (χ1v) is 12.2. The Hall–Kier alpha value is -2.94. The van der Waals surface area contributed by atoms with Crippen molar-refractivity contribution < 1.29 is 27.4 Å². The summed E-state index contributed by atoms with van der Waals surface area (Å²) in [7, 11) is -2.10. The second-order valence-corrected chi connectivity index (χ2v) is 10.1. The number of ether oxygens (including phenoxy) is 3. The van der Waals surface area contributed by atoms with Gasteiger partial charge in [-0.3, -0.25) is 9.10 Å². The first kappa shape index (κ1) is 23.7. The summed E-state index contributed by atoms with van der Waals surface area (Å²) in [6, 6.07) is 12.1. The van der Waals surface area contributed by atoms with E-state index in [1.165, 1.54) is 0 Å². The highest BCUT2D eigenvalue weighted by Crippen LogP contribution is 2.36. The SMILES string of the molecule is CCS(=O)(=O)N(CC(=O)N[C@@H](CC(C)C)c1ccc(OC)cc1)c1ccc2c(c1)OCO2. The molecule has 0 saturated carbocycles. The molecule has 0 saturated heterocycles. The van der Waals surface area contributed by atoms with Gasteiger partial charge in [0.1, 0.15) is 12.3 Å². The normalized spacial score (nSPS) is 13.7. The van der Waals surface area contributed by atoms with E-state index in [4.69, 9.17) is 14.2 Å². The summed E-state index contributed by atoms with van der Waals surface area (Å²) in [4.78, 5) is 13.0. The average Bonchev–Trinajstić information content (AvgIpc) is 3.24. The number of carbonyl (C=O) groups is 1. The highest BCUT2D eigenvalue weighted by atomic mass is 32.2. The van der Waals surface area contributed by atoms with Crippen LogP contribution in [-0.4, -0.2) is 40.5 Å². The van der Waals surface area contributed by atoms with Crippen LogP contribution in [0.2, 0.25) is 0 Å². The molecule has 2 aromatic rings. The summed E-state index contributed by atoms with van der Waals surface area (Å²) in [5.74, 6) is 1.53. The number of nitrogens with zero attached hydrogens (tertiary/aromatic N) is 1. The van der Waals surface area contributed by atoms with E-state index in [0.717, 1.165) is 15.6 Å². The molecule has 174 valence electrons. The minimum Gasteiger partial charge on any atom is -0.497 e. The smallest absolute Gasteiger partial charge is 0.241 e. The van der Waals surface area contributed by atoms with Gasteiger partial charge in [-0.1, -0.05) is 26.0 Å². The van der Waals surface area contributed by atoms with Gasteiger partial charge in [0.15, 0.2) is 11.5 Å². The standard InChI is InChI=1S/C23H30N2O6S/c1-5-32(27,28)25(18-8-11-21-22(13-18)31-15-30-21)14-23(26)24-20(12-16(2)3)17-6-9-19(29-4)10-7-17/h6-11,13,16,20H,5,12,14-15H2,1-4H3,(H,24,26)/t20-/m0/s1. The van der Waals surface area contributed by atoms with E-state index in [0.29, 0.717) is 29.5 Å². The maximum atomic E-state index is 13.0. The van der Waals surface area contributed by atoms with E-state index in [1.807, 2.05) is 24.3 Å². The van der Waals surface area contributed by atoms with Crippen LogP contribution in [0.3, 0.4) is 0 Å². The topological polar surface area (TPSA) is 94.2 Å². The van der Waals surface area contributed by atoms with E-state index in [-0.39, 0.29) is 31.0 Å². The van der Waals surface area contributed by atoms with Crippen LogP contribution in [0.25, 0.3) is 0 Å². The fraction of sp³-hybridized carbons (Fsp3) is 0.435. The minimum atomic E-state index is -3.70. The molecule has 0 aliphatic carbocycles. The zero-order chi connectivity index (χ0) is 23.3. The van der Waals surface area contributed by atoms with Gasteiger partial charge in [0.05, 0.1) is 24.6 Å². The molecule has 1 heterocycles. The number of hydrogen-bond acceptors (Lipinski definition) is 6. The largest absolute Gasteiger partial charge is 0.497 e. The van der Waals surface area contributed by atoms with Crippen LogP contribution in [0.15, 0.2) is 42.5 Å². The van der Waals surface area contributed by atoms with Crippen molar-refractivity contribution in [1.82, 2.24) is 5.32 Å². The summed E-state index contributed by atoms with van der Waals surface area (Å²) in [6.07, 6.45) is 0.711. The van der Waals surface area contributed by atoms with E-state index < -0.39 is 10.0 Å². The van der Waals surface area contributed by atoms with Crippen molar-refractivity contribution >= 4 is 21.6 Å². The number of hydrogen-bond donors (Lipinski definition) is 1. The molecule has 1 aliphatic heterocycles. The molecule has 1 N–H and O–H groups in total. The number of fused-ring (bicyclic) bond motifs is 1. The van der Waals surface area contributed by atoms with E-state index in [2.05, 4.69) is 19.2 Å². The van der Waals surface area contributed by atoms with Crippen LogP contribution in [0.5, 0.6) is 17.2 Å². The van der Waals surface area contributed by atoms with Gasteiger partial charge in [0.25, 0.3) is 0 Å². The molecule has 3 rings (SSSR count). The van der Waals surface area contributed by atoms with Crippen molar-refractivity contribution in [2.75, 3.05) is 30.5 Å². The monoisotopic (exact) mass is 462 g/mol. The third-order valence-electron chi connectivity index (χ3n) is 5.19. The van der Waals surface area contributed by atoms with Gasteiger partial charge in [0.2, 0.25) is 22.7 Å². The summed E-state index contributed by atoms with van der Waals surface area (Å²) in [5.41, 5.74) is 1.29. The van der Waals surface area contributed by atoms with E-state index >= 15 is 0 Å². The quantitative estimate of drug-likeness (QED) is 0.581. The van der Waals surface area contributed by atoms with Gasteiger partial charge in [-0.15, -0.1) is 0 Å². The third kappa shape index (κ3) is 5.64. The second-order valence-electron chi connectivity index (χ2n) is 7.97. The Morgan fingerprint density at radius 1 is 1.12 bits per heavy atom. The molecule has 1 aliphatic rings. The van der Waals surface area contributed by atoms with Crippen molar-refractivity contribution in [3.8, 4) is 17.2 Å². The van der Waals surface area contributed by atoms with Gasteiger partial charge < -0.3 is 19.5 Å². The van der Waals surface area contributed by atoms with Crippen LogP contribution in [0.1, 0.15) is 38.8 Å². The number of sulfonamides is 1. The van der Waals surface area contributed by atoms with E-state index in [9.17, 15) is 13.2 Å². The molecule has 0 aromatic heterocycles. The predicted molar refractivity (Wildman–Crippen MR) is 123 cm³/mol. The lowest BCUT2D eigenvalue weighted by molar-refractivity contribution is -0.120. The lowest BCUT2D eigenvalue weighted by atomic mass is 9.97. The van der Waals surface area contributed by atoms with Gasteiger partial charge in [-0.2, -0.15) is 0 Å². The number of rotatable bonds is 10. The fourth-order valence-corrected chi connectivity index (χ4v) is 4.56. The first-order valence-electron chi connectivity index (χ1n) is 10.6. The number of carbonyl (C=O) groups excluding carboxylic acids is 1. The molecule has 9 heteroatoms. The molecular weight excluding hydrogens is 432 g/mol. The molecule has 0 radical (unpaired) electrons. The number of anilines is 1. The Balaban J connectivity index is 1.82. The lowest BCUT2D eigenvalue weighted by Gasteiger charge is -2.26. The summed E-state index contributed by atoms with van der Waals surface area (Å²) in [6.45, 7) is 5.44. The Labute approximate surface area is 189 Å². The Kier molecular flexibility index (Phi) is 7.50. The molecule has 1 atom stereocenters. The highest BCUT2D eigenvalue weighted by Gasteiger charge is 2.27. The van der Waals surface area contributed by atoms with Crippen molar-refractivity contribution in [2.24, 2.45) is 5.92 Å². The molecular formula is C23H30N2O6S. The Morgan fingerprint density at radius 3 is 2.44 bits per heavy atom. The van der Waals surface area contributed by atoms with Crippen molar-refractivity contribution in [2.45, 2.75) is 33.2 Å². The zero-order valence-electron chi connectivity index (χ0n) is 18.8. The lowest BCUT2D eigenvalue weighted by Crippen LogP contribution is -2.42. The fourth-order valence-electron chi connectivity index (χ4n) is 3.50. The predicted octanol–water partition coefficient (Wildman–Crippen LogP) is 3.48. The Bertz CT molecular complexity index is 1040. The molecule has 8 nitrogen and oxygen atoms in total. The van der Waals surface area contributed by atoms with Gasteiger partial charge in [0, 0.05) is 6.07 Å². The number of methoxy groups -OCH3 is 1. The minimum absolute atomic E-state index is 0.0819. The molecule has 32 heavy (non-hydrogen) atoms. The van der Waals surface area contributed by atoms with Crippen LogP contribution >= 0.6 is 0 Å². The number of benzene rings is 2. The van der Waals surface area contributed by atoms with Crippen LogP contribution in [0, 0.1) is 5.92 Å². The summed E-state index contributed by atoms with van der Waals surface area (Å²) < 4.78 is 42.6. The maximum Gasteiger partial charge on any atom is 0.241 e. The molecule has 0 unspecified atom stereocenters. The third-order valence-corrected chi connectivity index (χ3v) is 6.93. The van der Waals surface area contributed by atoms with Crippen LogP contribution in [-0.2, 0) is 14.8 Å². The van der Waals surface area contributed by atoms with Crippen LogP contribution in [0.4, 0.5) is 5.69 Å². The summed E-state index contributed by atoms with van der Waals surface area (Å²) in [5, 5.41) is 3.01. The van der Waals surface area contributed by atoms with Gasteiger partial charge in [-0.25, -0.2) is 8.42 Å². The van der Waals surface area contributed by atoms with E-state index in [1.54, 1.807) is 32.2 Å². The van der Waals surface area contributed by atoms with Crippen LogP contribution < -0.4 is 23.8 Å². The zero-order valence-corrected chi connectivity index (χ0v) is 19.6. The first-order chi connectivity index (χ1) is 15.2. The molecule has 1 amide bonds. The highest BCUT2D eigenvalue weighted by molar-refractivity contribution is 7.92. The molecule has 2 aromatic carbocycles. The second kappa shape index (κ2) is 10.1. The number of amides is 1. The molecule has 0 spiro atoms. The maximum absolute atomic E-state index is 13.0. The molecule has 0 fully saturated rings. The summed E-state index contributed by atoms with van der Waals surface area (Å²) >= 11 is 0.